The molecule has 1 aliphatic heterocycles. The number of thioether (sulfide) groups is 1. The van der Waals surface area contributed by atoms with E-state index in [1.54, 1.807) is 0 Å². The maximum atomic E-state index is 3.32. The summed E-state index contributed by atoms with van der Waals surface area (Å²) < 4.78 is 0. The fraction of sp³-hybridized carbons (Fsp3) is 1.00. The van der Waals surface area contributed by atoms with Gasteiger partial charge in [0, 0.05) is 17.7 Å². The van der Waals surface area contributed by atoms with E-state index in [4.69, 9.17) is 0 Å². The highest BCUT2D eigenvalue weighted by atomic mass is 32.2. The van der Waals surface area contributed by atoms with E-state index in [1.165, 1.54) is 25.3 Å². The monoisotopic (exact) mass is 131 g/mol. The molecule has 1 N–H and O–H groups in total. The van der Waals surface area contributed by atoms with Crippen LogP contribution in [0.4, 0.5) is 0 Å². The molecule has 0 aromatic carbocycles. The third-order valence-corrected chi connectivity index (χ3v) is 2.65. The van der Waals surface area contributed by atoms with Gasteiger partial charge in [0.1, 0.15) is 0 Å². The van der Waals surface area contributed by atoms with Crippen molar-refractivity contribution in [1.29, 1.82) is 0 Å². The van der Waals surface area contributed by atoms with Crippen LogP contribution in [0.2, 0.25) is 0 Å². The second-order valence-corrected chi connectivity index (χ2v) is 3.46. The number of hydrogen-bond acceptors (Lipinski definition) is 2. The molecular formula is C6H13NS. The lowest BCUT2D eigenvalue weighted by molar-refractivity contribution is 0.706. The molecule has 1 fully saturated rings. The van der Waals surface area contributed by atoms with E-state index >= 15 is 0 Å². The first-order valence-corrected chi connectivity index (χ1v) is 4.30. The maximum absolute atomic E-state index is 3.32. The van der Waals surface area contributed by atoms with Gasteiger partial charge < -0.3 is 5.32 Å². The van der Waals surface area contributed by atoms with Crippen LogP contribution in [0.25, 0.3) is 0 Å². The van der Waals surface area contributed by atoms with Crippen molar-refractivity contribution < 1.29 is 0 Å². The lowest BCUT2D eigenvalue weighted by Gasteiger charge is -2.01. The largest absolute Gasteiger partial charge is 0.307 e. The molecule has 1 heterocycles. The summed E-state index contributed by atoms with van der Waals surface area (Å²) in [6, 6.07) is 0. The minimum Gasteiger partial charge on any atom is -0.307 e. The molecule has 0 bridgehead atoms. The molecule has 8 heavy (non-hydrogen) atoms. The number of rotatable bonds is 2. The summed E-state index contributed by atoms with van der Waals surface area (Å²) in [5.41, 5.74) is 0. The van der Waals surface area contributed by atoms with Gasteiger partial charge in [0.2, 0.25) is 0 Å². The number of nitrogens with one attached hydrogen (secondary N) is 1. The Bertz CT molecular complexity index is 59.5. The average molecular weight is 131 g/mol. The quantitative estimate of drug-likeness (QED) is 0.608. The van der Waals surface area contributed by atoms with Crippen molar-refractivity contribution in [3.63, 3.8) is 0 Å². The smallest absolute Gasteiger partial charge is 0.0421 e. The van der Waals surface area contributed by atoms with Crippen LogP contribution < -0.4 is 5.32 Å². The molecule has 0 saturated carbocycles. The molecule has 1 nitrogen and oxygen atoms in total. The molecule has 1 aliphatic rings. The van der Waals surface area contributed by atoms with Gasteiger partial charge in [-0.25, -0.2) is 0 Å². The molecule has 0 aliphatic carbocycles. The SMILES string of the molecule is CCCC1CNCS1. The Hall–Kier alpha value is 0.310. The van der Waals surface area contributed by atoms with E-state index in [0.29, 0.717) is 0 Å². The molecular weight excluding hydrogens is 118 g/mol. The van der Waals surface area contributed by atoms with Gasteiger partial charge in [0.25, 0.3) is 0 Å². The maximum Gasteiger partial charge on any atom is 0.0421 e. The zero-order chi connectivity index (χ0) is 5.82. The lowest BCUT2D eigenvalue weighted by Crippen LogP contribution is -2.11. The molecule has 48 valence electrons. The lowest BCUT2D eigenvalue weighted by atomic mass is 10.2. The van der Waals surface area contributed by atoms with Crippen LogP contribution in [0.1, 0.15) is 19.8 Å². The van der Waals surface area contributed by atoms with Gasteiger partial charge >= 0.3 is 0 Å². The van der Waals surface area contributed by atoms with E-state index in [9.17, 15) is 0 Å². The summed E-state index contributed by atoms with van der Waals surface area (Å²) >= 11 is 2.06. The van der Waals surface area contributed by atoms with Crippen molar-refractivity contribution >= 4 is 11.8 Å². The molecule has 0 radical (unpaired) electrons. The third kappa shape index (κ3) is 1.67. The zero-order valence-corrected chi connectivity index (χ0v) is 6.13. The summed E-state index contributed by atoms with van der Waals surface area (Å²) in [5, 5.41) is 4.24. The minimum absolute atomic E-state index is 0.917. The Morgan fingerprint density at radius 1 is 1.75 bits per heavy atom. The van der Waals surface area contributed by atoms with E-state index in [2.05, 4.69) is 24.0 Å². The first kappa shape index (κ1) is 6.43. The summed E-state index contributed by atoms with van der Waals surface area (Å²) in [6.07, 6.45) is 2.72. The van der Waals surface area contributed by atoms with Crippen LogP contribution in [-0.2, 0) is 0 Å². The fourth-order valence-corrected chi connectivity index (χ4v) is 2.07. The fourth-order valence-electron chi connectivity index (χ4n) is 0.963. The van der Waals surface area contributed by atoms with Gasteiger partial charge in [-0.05, 0) is 6.42 Å². The van der Waals surface area contributed by atoms with Crippen LogP contribution in [0.3, 0.4) is 0 Å². The predicted octanol–water partition coefficient (Wildman–Crippen LogP) is 1.45. The molecule has 0 spiro atoms. The van der Waals surface area contributed by atoms with Crippen LogP contribution in [0, 0.1) is 0 Å². The summed E-state index contributed by atoms with van der Waals surface area (Å²) in [5.74, 6) is 1.17. The van der Waals surface area contributed by atoms with Crippen molar-refractivity contribution in [1.82, 2.24) is 5.32 Å². The van der Waals surface area contributed by atoms with Crippen molar-refractivity contribution in [2.75, 3.05) is 12.4 Å². The molecule has 0 amide bonds. The van der Waals surface area contributed by atoms with Gasteiger partial charge in [-0.2, -0.15) is 0 Å². The molecule has 2 heteroatoms. The summed E-state index contributed by atoms with van der Waals surface area (Å²) in [7, 11) is 0. The van der Waals surface area contributed by atoms with Crippen LogP contribution in [0.5, 0.6) is 0 Å². The van der Waals surface area contributed by atoms with Crippen molar-refractivity contribution in [2.24, 2.45) is 0 Å². The standard InChI is InChI=1S/C6H13NS/c1-2-3-6-4-7-5-8-6/h6-7H,2-5H2,1H3. The highest BCUT2D eigenvalue weighted by Crippen LogP contribution is 2.18. The van der Waals surface area contributed by atoms with Gasteiger partial charge in [0.05, 0.1) is 0 Å². The zero-order valence-electron chi connectivity index (χ0n) is 5.31. The van der Waals surface area contributed by atoms with E-state index in [1.807, 2.05) is 0 Å². The Balaban J connectivity index is 2.06. The Kier molecular flexibility index (Phi) is 2.70. The molecule has 1 atom stereocenters. The van der Waals surface area contributed by atoms with Gasteiger partial charge in [-0.3, -0.25) is 0 Å². The van der Waals surface area contributed by atoms with Crippen molar-refractivity contribution in [2.45, 2.75) is 25.0 Å². The van der Waals surface area contributed by atoms with E-state index in [-0.39, 0.29) is 0 Å². The van der Waals surface area contributed by atoms with Crippen LogP contribution in [-0.4, -0.2) is 17.7 Å². The topological polar surface area (TPSA) is 12.0 Å². The van der Waals surface area contributed by atoms with Gasteiger partial charge in [0.15, 0.2) is 0 Å². The van der Waals surface area contributed by atoms with Gasteiger partial charge in [-0.15, -0.1) is 11.8 Å². The normalized spacial score (nSPS) is 28.9. The highest BCUT2D eigenvalue weighted by Gasteiger charge is 2.12. The Morgan fingerprint density at radius 2 is 2.62 bits per heavy atom. The van der Waals surface area contributed by atoms with Crippen molar-refractivity contribution in [3.05, 3.63) is 0 Å². The Labute approximate surface area is 55.2 Å². The van der Waals surface area contributed by atoms with Crippen LogP contribution in [0.15, 0.2) is 0 Å². The first-order chi connectivity index (χ1) is 3.93. The second kappa shape index (κ2) is 3.36. The third-order valence-electron chi connectivity index (χ3n) is 1.40. The average Bonchev–Trinajstić information content (AvgIpc) is 2.19. The van der Waals surface area contributed by atoms with E-state index < -0.39 is 0 Å². The van der Waals surface area contributed by atoms with Crippen molar-refractivity contribution in [3.8, 4) is 0 Å². The molecule has 1 rings (SSSR count). The predicted molar refractivity (Wildman–Crippen MR) is 39.2 cm³/mol. The molecule has 1 unspecified atom stereocenters. The first-order valence-electron chi connectivity index (χ1n) is 3.26. The summed E-state index contributed by atoms with van der Waals surface area (Å²) in [6.45, 7) is 3.48. The molecule has 0 aromatic heterocycles. The molecule has 1 saturated heterocycles. The van der Waals surface area contributed by atoms with Crippen LogP contribution >= 0.6 is 11.8 Å². The van der Waals surface area contributed by atoms with E-state index in [0.717, 1.165) is 5.25 Å². The molecule has 0 aromatic rings. The highest BCUT2D eigenvalue weighted by molar-refractivity contribution is 8.00. The van der Waals surface area contributed by atoms with Gasteiger partial charge in [-0.1, -0.05) is 13.3 Å². The number of hydrogen-bond donors (Lipinski definition) is 1. The minimum atomic E-state index is 0.917. The Morgan fingerprint density at radius 3 is 3.12 bits per heavy atom. The second-order valence-electron chi connectivity index (χ2n) is 2.18. The summed E-state index contributed by atoms with van der Waals surface area (Å²) in [4.78, 5) is 0.